The molecule has 174 valence electrons. The number of rotatable bonds is 6. The molecule has 32 heavy (non-hydrogen) atoms. The number of para-hydroxylation sites is 1. The van der Waals surface area contributed by atoms with Gasteiger partial charge in [0, 0.05) is 25.2 Å². The molecule has 2 aromatic rings. The summed E-state index contributed by atoms with van der Waals surface area (Å²) in [6, 6.07) is 7.94. The van der Waals surface area contributed by atoms with Crippen molar-refractivity contribution in [3.05, 3.63) is 34.6 Å². The Morgan fingerprint density at radius 3 is 2.66 bits per heavy atom. The summed E-state index contributed by atoms with van der Waals surface area (Å²) < 4.78 is 1.90. The predicted molar refractivity (Wildman–Crippen MR) is 131 cm³/mol. The molecule has 4 rings (SSSR count). The van der Waals surface area contributed by atoms with Crippen molar-refractivity contribution in [2.75, 3.05) is 25.4 Å². The molecule has 2 fully saturated rings. The van der Waals surface area contributed by atoms with Crippen LogP contribution in [0.5, 0.6) is 0 Å². The fraction of sp³-hybridized carbons (Fsp3) is 0.640. The van der Waals surface area contributed by atoms with Gasteiger partial charge in [-0.15, -0.1) is 0 Å². The number of nitrogens with one attached hydrogen (secondary N) is 1. The Labute approximate surface area is 195 Å². The van der Waals surface area contributed by atoms with Gasteiger partial charge in [0.15, 0.2) is 5.16 Å². The molecule has 1 aromatic heterocycles. The minimum absolute atomic E-state index is 0.0244. The highest BCUT2D eigenvalue weighted by Crippen LogP contribution is 2.38. The topological polar surface area (TPSA) is 67.2 Å². The summed E-state index contributed by atoms with van der Waals surface area (Å²) in [6.07, 6.45) is 5.31. The normalized spacial score (nSPS) is 25.2. The average molecular weight is 457 g/mol. The molecule has 1 aromatic carbocycles. The highest BCUT2D eigenvalue weighted by atomic mass is 32.2. The van der Waals surface area contributed by atoms with Gasteiger partial charge in [0.05, 0.1) is 16.7 Å². The number of nitrogens with zero attached hydrogens (tertiary/aromatic N) is 3. The zero-order valence-electron chi connectivity index (χ0n) is 19.5. The van der Waals surface area contributed by atoms with Crippen LogP contribution >= 0.6 is 11.8 Å². The van der Waals surface area contributed by atoms with Crippen LogP contribution in [0.3, 0.4) is 0 Å². The van der Waals surface area contributed by atoms with E-state index in [1.807, 2.05) is 28.8 Å². The highest BCUT2D eigenvalue weighted by Gasteiger charge is 2.31. The van der Waals surface area contributed by atoms with E-state index in [1.165, 1.54) is 18.2 Å². The van der Waals surface area contributed by atoms with Crippen LogP contribution in [0, 0.1) is 11.8 Å². The molecule has 0 bridgehead atoms. The molecule has 0 radical (unpaired) electrons. The minimum atomic E-state index is 0.0244. The molecule has 2 aliphatic rings. The maximum absolute atomic E-state index is 13.5. The third-order valence-electron chi connectivity index (χ3n) is 7.50. The zero-order valence-corrected chi connectivity index (χ0v) is 20.4. The molecule has 1 amide bonds. The van der Waals surface area contributed by atoms with Gasteiger partial charge in [0.2, 0.25) is 5.91 Å². The second-order valence-electron chi connectivity index (χ2n) is 9.49. The number of piperidine rings is 1. The van der Waals surface area contributed by atoms with Crippen LogP contribution in [0.15, 0.2) is 34.2 Å². The lowest BCUT2D eigenvalue weighted by molar-refractivity contribution is -0.119. The largest absolute Gasteiger partial charge is 0.353 e. The number of amides is 1. The first kappa shape index (κ1) is 23.3. The zero-order chi connectivity index (χ0) is 22.7. The monoisotopic (exact) mass is 456 g/mol. The minimum Gasteiger partial charge on any atom is -0.353 e. The van der Waals surface area contributed by atoms with Gasteiger partial charge in [-0.25, -0.2) is 4.98 Å². The van der Waals surface area contributed by atoms with Crippen LogP contribution in [0.2, 0.25) is 0 Å². The smallest absolute Gasteiger partial charge is 0.262 e. The van der Waals surface area contributed by atoms with E-state index in [-0.39, 0.29) is 29.3 Å². The van der Waals surface area contributed by atoms with Gasteiger partial charge >= 0.3 is 0 Å². The Kier molecular flexibility index (Phi) is 7.56. The van der Waals surface area contributed by atoms with Gasteiger partial charge in [0.1, 0.15) is 0 Å². The van der Waals surface area contributed by atoms with Crippen molar-refractivity contribution in [3.63, 3.8) is 0 Å². The average Bonchev–Trinajstić information content (AvgIpc) is 2.80. The van der Waals surface area contributed by atoms with Gasteiger partial charge in [0.25, 0.3) is 5.56 Å². The van der Waals surface area contributed by atoms with Crippen LogP contribution in [0.4, 0.5) is 0 Å². The van der Waals surface area contributed by atoms with Gasteiger partial charge in [-0.1, -0.05) is 57.5 Å². The van der Waals surface area contributed by atoms with Crippen LogP contribution in [0.25, 0.3) is 10.9 Å². The Bertz CT molecular complexity index is 999. The lowest BCUT2D eigenvalue weighted by atomic mass is 9.78. The quantitative estimate of drug-likeness (QED) is 0.524. The first-order chi connectivity index (χ1) is 15.5. The molecule has 3 unspecified atom stereocenters. The van der Waals surface area contributed by atoms with E-state index < -0.39 is 0 Å². The van der Waals surface area contributed by atoms with Crippen molar-refractivity contribution in [2.24, 2.45) is 11.8 Å². The third kappa shape index (κ3) is 5.04. The Morgan fingerprint density at radius 2 is 1.91 bits per heavy atom. The fourth-order valence-corrected chi connectivity index (χ4v) is 6.09. The van der Waals surface area contributed by atoms with Gasteiger partial charge in [-0.2, -0.15) is 0 Å². The standard InChI is InChI=1S/C25H36N4O2S/c1-4-28-14-12-19(13-15-28)26-23(30)16-32-25-27-21-10-6-5-9-20(21)24(31)29(25)22-11-7-8-17(2)18(22)3/h5-6,9-10,17-19,22H,4,7-8,11-16H2,1-3H3,(H,26,30). The molecule has 1 saturated carbocycles. The van der Waals surface area contributed by atoms with E-state index in [9.17, 15) is 9.59 Å². The third-order valence-corrected chi connectivity index (χ3v) is 8.46. The molecule has 3 atom stereocenters. The van der Waals surface area contributed by atoms with Crippen molar-refractivity contribution >= 4 is 28.6 Å². The van der Waals surface area contributed by atoms with E-state index in [0.717, 1.165) is 45.3 Å². The number of hydrogen-bond acceptors (Lipinski definition) is 5. The number of hydrogen-bond donors (Lipinski definition) is 1. The van der Waals surface area contributed by atoms with Crippen molar-refractivity contribution < 1.29 is 4.79 Å². The summed E-state index contributed by atoms with van der Waals surface area (Å²) in [5.41, 5.74) is 0.733. The Morgan fingerprint density at radius 1 is 1.16 bits per heavy atom. The van der Waals surface area contributed by atoms with E-state index in [1.54, 1.807) is 0 Å². The first-order valence-electron chi connectivity index (χ1n) is 12.1. The fourth-order valence-electron chi connectivity index (χ4n) is 5.23. The number of benzene rings is 1. The molecule has 1 aliphatic carbocycles. The number of likely N-dealkylation sites (tertiary alicyclic amines) is 1. The Hall–Kier alpha value is -1.86. The molecular formula is C25H36N4O2S. The highest BCUT2D eigenvalue weighted by molar-refractivity contribution is 7.99. The van der Waals surface area contributed by atoms with Crippen LogP contribution in [-0.4, -0.2) is 51.8 Å². The maximum atomic E-state index is 13.5. The van der Waals surface area contributed by atoms with Gasteiger partial charge in [-0.05, 0) is 49.8 Å². The summed E-state index contributed by atoms with van der Waals surface area (Å²) in [5, 5.41) is 4.54. The Balaban J connectivity index is 1.53. The number of carbonyl (C=O) groups excluding carboxylic acids is 1. The van der Waals surface area contributed by atoms with E-state index >= 15 is 0 Å². The first-order valence-corrected chi connectivity index (χ1v) is 13.1. The molecule has 1 N–H and O–H groups in total. The second-order valence-corrected chi connectivity index (χ2v) is 10.4. The summed E-state index contributed by atoms with van der Waals surface area (Å²) in [4.78, 5) is 33.5. The van der Waals surface area contributed by atoms with Crippen LogP contribution in [0.1, 0.15) is 58.9 Å². The predicted octanol–water partition coefficient (Wildman–Crippen LogP) is 4.09. The molecular weight excluding hydrogens is 420 g/mol. The number of fused-ring (bicyclic) bond motifs is 1. The number of carbonyl (C=O) groups is 1. The summed E-state index contributed by atoms with van der Waals surface area (Å²) >= 11 is 1.40. The van der Waals surface area contributed by atoms with Crippen molar-refractivity contribution in [3.8, 4) is 0 Å². The summed E-state index contributed by atoms with van der Waals surface area (Å²) in [5.74, 6) is 1.29. The van der Waals surface area contributed by atoms with E-state index in [2.05, 4.69) is 31.0 Å². The molecule has 1 aliphatic heterocycles. The summed E-state index contributed by atoms with van der Waals surface area (Å²) in [7, 11) is 0. The lowest BCUT2D eigenvalue weighted by Crippen LogP contribution is -2.45. The van der Waals surface area contributed by atoms with E-state index in [0.29, 0.717) is 27.9 Å². The molecule has 0 spiro atoms. The number of thioether (sulfide) groups is 1. The van der Waals surface area contributed by atoms with Crippen molar-refractivity contribution in [1.82, 2.24) is 19.8 Å². The van der Waals surface area contributed by atoms with Crippen molar-refractivity contribution in [2.45, 2.75) is 70.1 Å². The molecule has 6 nitrogen and oxygen atoms in total. The second kappa shape index (κ2) is 10.4. The number of aromatic nitrogens is 2. The van der Waals surface area contributed by atoms with E-state index in [4.69, 9.17) is 4.98 Å². The SMILES string of the molecule is CCN1CCC(NC(=O)CSc2nc3ccccc3c(=O)n2C2CCCC(C)C2C)CC1. The lowest BCUT2D eigenvalue weighted by Gasteiger charge is -2.36. The molecule has 7 heteroatoms. The van der Waals surface area contributed by atoms with Gasteiger partial charge in [-0.3, -0.25) is 14.2 Å². The summed E-state index contributed by atoms with van der Waals surface area (Å²) in [6.45, 7) is 9.86. The molecule has 1 saturated heterocycles. The van der Waals surface area contributed by atoms with Crippen molar-refractivity contribution in [1.29, 1.82) is 0 Å². The maximum Gasteiger partial charge on any atom is 0.262 e. The van der Waals surface area contributed by atoms with Crippen LogP contribution in [-0.2, 0) is 4.79 Å². The van der Waals surface area contributed by atoms with Crippen LogP contribution < -0.4 is 10.9 Å². The van der Waals surface area contributed by atoms with Gasteiger partial charge < -0.3 is 10.2 Å². The molecule has 2 heterocycles.